The summed E-state index contributed by atoms with van der Waals surface area (Å²) < 4.78 is 0. The summed E-state index contributed by atoms with van der Waals surface area (Å²) in [6.45, 7) is 9.25. The second-order valence-electron chi connectivity index (χ2n) is 4.78. The van der Waals surface area contributed by atoms with Gasteiger partial charge >= 0.3 is 0 Å². The lowest BCUT2D eigenvalue weighted by Crippen LogP contribution is -2.26. The van der Waals surface area contributed by atoms with Crippen LogP contribution in [0.4, 0.5) is 0 Å². The summed E-state index contributed by atoms with van der Waals surface area (Å²) in [5.74, 6) is 0.414. The molecule has 0 fully saturated rings. The van der Waals surface area contributed by atoms with E-state index in [0.29, 0.717) is 18.8 Å². The lowest BCUT2D eigenvalue weighted by Gasteiger charge is -2.15. The lowest BCUT2D eigenvalue weighted by molar-refractivity contribution is -0.120. The van der Waals surface area contributed by atoms with E-state index in [1.54, 1.807) is 0 Å². The Morgan fingerprint density at radius 2 is 1.72 bits per heavy atom. The van der Waals surface area contributed by atoms with Crippen LogP contribution in [-0.4, -0.2) is 18.3 Å². The zero-order valence-electron chi connectivity index (χ0n) is 11.7. The zero-order chi connectivity index (χ0) is 13.7. The van der Waals surface area contributed by atoms with Crippen molar-refractivity contribution in [3.8, 4) is 0 Å². The molecule has 3 heteroatoms. The number of amides is 1. The molecule has 1 rings (SSSR count). The molecule has 0 unspecified atom stereocenters. The van der Waals surface area contributed by atoms with Crippen molar-refractivity contribution in [1.82, 2.24) is 5.32 Å². The van der Waals surface area contributed by atoms with E-state index in [9.17, 15) is 4.79 Å². The molecule has 0 spiro atoms. The first-order valence-electron chi connectivity index (χ1n) is 6.36. The molecule has 18 heavy (non-hydrogen) atoms. The highest BCUT2D eigenvalue weighted by Gasteiger charge is 2.08. The summed E-state index contributed by atoms with van der Waals surface area (Å²) >= 11 is 5.52. The van der Waals surface area contributed by atoms with Crippen LogP contribution in [0.3, 0.4) is 0 Å². The van der Waals surface area contributed by atoms with Gasteiger partial charge in [0.25, 0.3) is 0 Å². The number of carbonyl (C=O) groups excluding carboxylic acids is 1. The van der Waals surface area contributed by atoms with Crippen molar-refractivity contribution >= 4 is 17.5 Å². The van der Waals surface area contributed by atoms with Gasteiger partial charge in [0.2, 0.25) is 5.91 Å². The van der Waals surface area contributed by atoms with Crippen LogP contribution in [0.2, 0.25) is 0 Å². The predicted molar refractivity (Wildman–Crippen MR) is 77.4 cm³/mol. The maximum absolute atomic E-state index is 11.3. The van der Waals surface area contributed by atoms with Crippen molar-refractivity contribution in [2.45, 2.75) is 40.5 Å². The van der Waals surface area contributed by atoms with Gasteiger partial charge in [0.05, 0.1) is 0 Å². The Labute approximate surface area is 115 Å². The molecule has 0 atom stereocenters. The van der Waals surface area contributed by atoms with Crippen LogP contribution in [0, 0.1) is 27.7 Å². The molecule has 0 aromatic heterocycles. The van der Waals surface area contributed by atoms with Crippen LogP contribution >= 0.6 is 11.6 Å². The Morgan fingerprint density at radius 1 is 1.17 bits per heavy atom. The van der Waals surface area contributed by atoms with Gasteiger partial charge in [-0.15, -0.1) is 11.6 Å². The Morgan fingerprint density at radius 3 is 2.22 bits per heavy atom. The molecule has 1 aromatic carbocycles. The van der Waals surface area contributed by atoms with Gasteiger partial charge in [0, 0.05) is 18.8 Å². The van der Waals surface area contributed by atoms with Gasteiger partial charge in [-0.2, -0.15) is 0 Å². The first-order valence-corrected chi connectivity index (χ1v) is 6.89. The molecule has 0 saturated heterocycles. The third-order valence-electron chi connectivity index (χ3n) is 3.54. The molecule has 2 nitrogen and oxygen atoms in total. The van der Waals surface area contributed by atoms with E-state index < -0.39 is 0 Å². The largest absolute Gasteiger partial charge is 0.356 e. The molecule has 1 N–H and O–H groups in total. The van der Waals surface area contributed by atoms with Gasteiger partial charge in [-0.3, -0.25) is 4.79 Å². The minimum Gasteiger partial charge on any atom is -0.356 e. The molecule has 0 radical (unpaired) electrons. The average Bonchev–Trinajstić information content (AvgIpc) is 2.31. The first kappa shape index (κ1) is 15.0. The molecule has 1 aromatic rings. The highest BCUT2D eigenvalue weighted by atomic mass is 35.5. The topological polar surface area (TPSA) is 29.1 Å². The second-order valence-corrected chi connectivity index (χ2v) is 5.16. The molecular formula is C15H22ClNO. The van der Waals surface area contributed by atoms with Crippen LogP contribution in [0.25, 0.3) is 0 Å². The fourth-order valence-electron chi connectivity index (χ4n) is 2.17. The van der Waals surface area contributed by atoms with E-state index in [-0.39, 0.29) is 5.91 Å². The Kier molecular flexibility index (Phi) is 5.67. The fraction of sp³-hybridized carbons (Fsp3) is 0.533. The van der Waals surface area contributed by atoms with Crippen molar-refractivity contribution in [2.24, 2.45) is 0 Å². The van der Waals surface area contributed by atoms with Gasteiger partial charge in [-0.25, -0.2) is 0 Å². The quantitative estimate of drug-likeness (QED) is 0.816. The SMILES string of the molecule is Cc1cc(C)c(C)c(CCNC(=O)CCCl)c1C. The third kappa shape index (κ3) is 3.74. The predicted octanol–water partition coefficient (Wildman–Crippen LogP) is 3.21. The van der Waals surface area contributed by atoms with Crippen molar-refractivity contribution < 1.29 is 4.79 Å². The summed E-state index contributed by atoms with van der Waals surface area (Å²) in [6.07, 6.45) is 1.28. The number of benzene rings is 1. The molecule has 0 heterocycles. The summed E-state index contributed by atoms with van der Waals surface area (Å²) in [7, 11) is 0. The van der Waals surface area contributed by atoms with E-state index in [1.165, 1.54) is 27.8 Å². The van der Waals surface area contributed by atoms with Gasteiger partial charge in [0.15, 0.2) is 0 Å². The van der Waals surface area contributed by atoms with Gasteiger partial charge in [-0.05, 0) is 61.9 Å². The molecular weight excluding hydrogens is 246 g/mol. The van der Waals surface area contributed by atoms with Crippen LogP contribution in [0.1, 0.15) is 34.2 Å². The van der Waals surface area contributed by atoms with E-state index >= 15 is 0 Å². The van der Waals surface area contributed by atoms with Crippen LogP contribution in [0.15, 0.2) is 6.07 Å². The highest BCUT2D eigenvalue weighted by Crippen LogP contribution is 2.21. The minimum absolute atomic E-state index is 0.0321. The summed E-state index contributed by atoms with van der Waals surface area (Å²) in [5.41, 5.74) is 6.67. The van der Waals surface area contributed by atoms with Crippen LogP contribution < -0.4 is 5.32 Å². The van der Waals surface area contributed by atoms with E-state index in [1.807, 2.05) is 0 Å². The minimum atomic E-state index is 0.0321. The van der Waals surface area contributed by atoms with E-state index in [0.717, 1.165) is 6.42 Å². The molecule has 1 amide bonds. The number of halogens is 1. The van der Waals surface area contributed by atoms with Gasteiger partial charge in [-0.1, -0.05) is 6.07 Å². The number of nitrogens with one attached hydrogen (secondary N) is 1. The standard InChI is InChI=1S/C15H22ClNO/c1-10-9-11(2)13(4)14(12(10)3)6-8-17-15(18)5-7-16/h9H,5-8H2,1-4H3,(H,17,18). The van der Waals surface area contributed by atoms with Crippen molar-refractivity contribution in [3.63, 3.8) is 0 Å². The van der Waals surface area contributed by atoms with Crippen molar-refractivity contribution in [3.05, 3.63) is 33.9 Å². The summed E-state index contributed by atoms with van der Waals surface area (Å²) in [6, 6.07) is 2.22. The normalized spacial score (nSPS) is 10.5. The zero-order valence-corrected chi connectivity index (χ0v) is 12.4. The fourth-order valence-corrected chi connectivity index (χ4v) is 2.35. The molecule has 0 aliphatic rings. The molecule has 100 valence electrons. The van der Waals surface area contributed by atoms with E-state index in [2.05, 4.69) is 39.1 Å². The van der Waals surface area contributed by atoms with Gasteiger partial charge < -0.3 is 5.32 Å². The maximum Gasteiger partial charge on any atom is 0.221 e. The number of aryl methyl sites for hydroxylation is 2. The number of alkyl halides is 1. The molecule has 0 bridgehead atoms. The molecule has 0 aliphatic heterocycles. The van der Waals surface area contributed by atoms with Crippen molar-refractivity contribution in [1.29, 1.82) is 0 Å². The maximum atomic E-state index is 11.3. The van der Waals surface area contributed by atoms with Crippen LogP contribution in [0.5, 0.6) is 0 Å². The number of carbonyl (C=O) groups is 1. The Bertz CT molecular complexity index is 414. The van der Waals surface area contributed by atoms with Gasteiger partial charge in [0.1, 0.15) is 0 Å². The Hall–Kier alpha value is -1.02. The van der Waals surface area contributed by atoms with E-state index in [4.69, 9.17) is 11.6 Å². The highest BCUT2D eigenvalue weighted by molar-refractivity contribution is 6.18. The number of hydrogen-bond donors (Lipinski definition) is 1. The molecule has 0 aliphatic carbocycles. The molecule has 0 saturated carbocycles. The average molecular weight is 268 g/mol. The van der Waals surface area contributed by atoms with Crippen molar-refractivity contribution in [2.75, 3.05) is 12.4 Å². The number of hydrogen-bond acceptors (Lipinski definition) is 1. The van der Waals surface area contributed by atoms with Crippen LogP contribution in [-0.2, 0) is 11.2 Å². The summed E-state index contributed by atoms with van der Waals surface area (Å²) in [4.78, 5) is 11.3. The number of rotatable bonds is 5. The Balaban J connectivity index is 2.70. The monoisotopic (exact) mass is 267 g/mol. The first-order chi connectivity index (χ1) is 8.47. The third-order valence-corrected chi connectivity index (χ3v) is 3.73. The summed E-state index contributed by atoms with van der Waals surface area (Å²) in [5, 5.41) is 2.90. The lowest BCUT2D eigenvalue weighted by atomic mass is 9.92. The second kappa shape index (κ2) is 6.79. The smallest absolute Gasteiger partial charge is 0.221 e.